The molecule has 0 spiro atoms. The molecule has 6 aromatic heterocycles. The lowest BCUT2D eigenvalue weighted by Crippen LogP contribution is -2.38. The lowest BCUT2D eigenvalue weighted by molar-refractivity contribution is -0.114. The molecular weight excluding hydrogens is 863 g/mol. The first-order valence-electron chi connectivity index (χ1n) is 24.2. The molecule has 14 heteroatoms. The van der Waals surface area contributed by atoms with Crippen LogP contribution in [0.3, 0.4) is 0 Å². The Labute approximate surface area is 400 Å². The van der Waals surface area contributed by atoms with Crippen molar-refractivity contribution in [2.24, 2.45) is 11.8 Å². The van der Waals surface area contributed by atoms with E-state index in [1.165, 1.54) is 39.0 Å². The number of anilines is 2. The van der Waals surface area contributed by atoms with Crippen molar-refractivity contribution in [2.45, 2.75) is 102 Å². The van der Waals surface area contributed by atoms with Gasteiger partial charge in [-0.15, -0.1) is 0 Å². The number of hydrogen-bond acceptors (Lipinski definition) is 11. The maximum atomic E-state index is 12.9. The topological polar surface area (TPSA) is 187 Å². The van der Waals surface area contributed by atoms with Crippen molar-refractivity contribution in [3.05, 3.63) is 132 Å². The molecule has 0 radical (unpaired) electrons. The zero-order valence-electron chi connectivity index (χ0n) is 39.1. The van der Waals surface area contributed by atoms with E-state index in [1.54, 1.807) is 35.3 Å². The van der Waals surface area contributed by atoms with Gasteiger partial charge in [0.25, 0.3) is 0 Å². The van der Waals surface area contributed by atoms with E-state index < -0.39 is 0 Å². The van der Waals surface area contributed by atoms with Crippen molar-refractivity contribution in [2.75, 3.05) is 11.1 Å². The van der Waals surface area contributed by atoms with Crippen LogP contribution in [0.15, 0.2) is 110 Å². The molecule has 348 valence electrons. The minimum absolute atomic E-state index is 0.0614. The van der Waals surface area contributed by atoms with Crippen molar-refractivity contribution >= 4 is 40.4 Å². The average molecular weight is 918 g/mol. The van der Waals surface area contributed by atoms with Gasteiger partial charge in [-0.05, 0) is 82.8 Å². The number of hydrogen-bond donors (Lipinski definition) is 3. The average Bonchev–Trinajstić information content (AvgIpc) is 4.16. The minimum Gasteiger partial charge on any atom is -0.383 e. The third-order valence-corrected chi connectivity index (χ3v) is 14.8. The van der Waals surface area contributed by atoms with Crippen LogP contribution >= 0.6 is 0 Å². The summed E-state index contributed by atoms with van der Waals surface area (Å²) in [5.41, 5.74) is 17.8. The van der Waals surface area contributed by atoms with Gasteiger partial charge in [-0.2, -0.15) is 19.2 Å². The number of nitrogens with one attached hydrogen (secondary N) is 2. The zero-order valence-corrected chi connectivity index (χ0v) is 39.1. The van der Waals surface area contributed by atoms with Crippen LogP contribution in [0.1, 0.15) is 122 Å². The number of carbonyl (C=O) groups excluding carboxylic acids is 3. The Bertz CT molecular complexity index is 3220. The van der Waals surface area contributed by atoms with Gasteiger partial charge in [0.15, 0.2) is 22.9 Å². The van der Waals surface area contributed by atoms with Crippen LogP contribution in [0.25, 0.3) is 56.1 Å². The fourth-order valence-corrected chi connectivity index (χ4v) is 11.7. The van der Waals surface area contributed by atoms with Crippen LogP contribution in [0.4, 0.5) is 11.6 Å². The second-order valence-electron chi connectivity index (χ2n) is 19.5. The van der Waals surface area contributed by atoms with Gasteiger partial charge < -0.3 is 16.4 Å². The van der Waals surface area contributed by atoms with Crippen LogP contribution in [-0.2, 0) is 4.79 Å². The summed E-state index contributed by atoms with van der Waals surface area (Å²) in [7, 11) is 0. The molecule has 1 amide bonds. The number of nitrogen functional groups attached to an aromatic ring is 1. The molecule has 4 bridgehead atoms. The van der Waals surface area contributed by atoms with Crippen LogP contribution < -0.4 is 16.4 Å². The van der Waals surface area contributed by atoms with Gasteiger partial charge in [-0.3, -0.25) is 24.4 Å². The highest BCUT2D eigenvalue weighted by molar-refractivity contribution is 6.04. The summed E-state index contributed by atoms with van der Waals surface area (Å²) < 4.78 is 3.19. The predicted octanol–water partition coefficient (Wildman–Crippen LogP) is 10.2. The Kier molecular flexibility index (Phi) is 11.6. The third-order valence-electron chi connectivity index (χ3n) is 14.8. The minimum atomic E-state index is -0.245. The van der Waals surface area contributed by atoms with Gasteiger partial charge >= 0.3 is 0 Å². The Morgan fingerprint density at radius 3 is 1.55 bits per heavy atom. The first-order valence-corrected chi connectivity index (χ1v) is 24.2. The quantitative estimate of drug-likeness (QED) is 0.117. The van der Waals surface area contributed by atoms with Gasteiger partial charge in [0.05, 0.1) is 46.3 Å². The number of benzene rings is 2. The van der Waals surface area contributed by atoms with Crippen molar-refractivity contribution in [1.29, 1.82) is 0 Å². The summed E-state index contributed by atoms with van der Waals surface area (Å²) >= 11 is 0. The molecule has 2 aliphatic heterocycles. The highest BCUT2D eigenvalue weighted by atomic mass is 16.1. The normalized spacial score (nSPS) is 21.5. The summed E-state index contributed by atoms with van der Waals surface area (Å²) in [5.74, 6) is 2.17. The Balaban J connectivity index is 0.000000151. The fourth-order valence-electron chi connectivity index (χ4n) is 11.7. The summed E-state index contributed by atoms with van der Waals surface area (Å²) in [6.07, 6.45) is 17.4. The number of fused-ring (bicyclic) bond motifs is 6. The molecule has 4 fully saturated rings. The standard InChI is InChI=1S/C29H29N5O2.C26H26N6O/c1-17(35)26-27(23-13-19-8-9-20(12-19)14-23)33-28-24(16-31-34(28)29(26)32-18(2)36)22-10-11-25(30-15-22)21-6-4-3-5-7-21;1-15(33)23-24(18-11-19-8-9-20(12-18)30-19)31-26-21(14-29-32(26)25(23)27)17-7-10-22(28-13-17)16-5-3-2-4-6-16/h3-7,10-11,15-16,19-20,23H,8-9,12-14H2,1-2H3,(H,32,36);2-7,10,13-14,18-20,30H,8-9,11-12,27H2,1H3/t19-,20+,23?;18?,19-,20+. The van der Waals surface area contributed by atoms with Crippen molar-refractivity contribution in [3.8, 4) is 44.8 Å². The van der Waals surface area contributed by atoms with Crippen LogP contribution in [0, 0.1) is 11.8 Å². The van der Waals surface area contributed by atoms with E-state index in [9.17, 15) is 14.4 Å². The molecule has 4 aliphatic rings. The van der Waals surface area contributed by atoms with E-state index in [2.05, 4.69) is 30.8 Å². The molecule has 6 atom stereocenters. The molecule has 12 rings (SSSR count). The molecule has 2 saturated heterocycles. The Morgan fingerprint density at radius 2 is 1.06 bits per heavy atom. The Morgan fingerprint density at radius 1 is 0.565 bits per heavy atom. The van der Waals surface area contributed by atoms with Crippen LogP contribution in [0.5, 0.6) is 0 Å². The smallest absolute Gasteiger partial charge is 0.222 e. The fraction of sp³-hybridized carbons (Fsp3) is 0.327. The molecule has 69 heavy (non-hydrogen) atoms. The maximum Gasteiger partial charge on any atom is 0.222 e. The summed E-state index contributed by atoms with van der Waals surface area (Å²) in [5, 5.41) is 15.6. The first-order chi connectivity index (χ1) is 33.6. The number of carbonyl (C=O) groups is 3. The lowest BCUT2D eigenvalue weighted by Gasteiger charge is -2.30. The largest absolute Gasteiger partial charge is 0.383 e. The van der Waals surface area contributed by atoms with Gasteiger partial charge in [0, 0.05) is 76.6 Å². The number of piperidine rings is 1. The molecule has 8 heterocycles. The number of nitrogens with two attached hydrogens (primary N) is 1. The van der Waals surface area contributed by atoms with E-state index in [0.717, 1.165) is 81.8 Å². The second-order valence-corrected chi connectivity index (χ2v) is 19.5. The third kappa shape index (κ3) is 8.47. The van der Waals surface area contributed by atoms with Gasteiger partial charge in [-0.25, -0.2) is 9.97 Å². The van der Waals surface area contributed by atoms with E-state index in [-0.39, 0.29) is 29.3 Å². The predicted molar refractivity (Wildman–Crippen MR) is 267 cm³/mol. The molecule has 2 saturated carbocycles. The van der Waals surface area contributed by atoms with Gasteiger partial charge in [-0.1, -0.05) is 85.6 Å². The van der Waals surface area contributed by atoms with Crippen LogP contribution in [-0.4, -0.2) is 68.7 Å². The molecule has 8 aromatic rings. The maximum absolute atomic E-state index is 12.9. The number of nitrogens with zero attached hydrogens (tertiary/aromatic N) is 8. The lowest BCUT2D eigenvalue weighted by atomic mass is 9.78. The van der Waals surface area contributed by atoms with Crippen molar-refractivity contribution in [1.82, 2.24) is 44.5 Å². The SMILES string of the molecule is CC(=O)Nc1c(C(C)=O)c(C2C[C@H]3CC[C@@H](C2)C3)nc2c(-c3ccc(-c4ccccc4)nc3)cnn12.CC(=O)c1c(C2C[C@H]3CC[C@@H](C2)N3)nc2c(-c3ccc(-c4ccccc4)nc3)cnn2c1N. The van der Waals surface area contributed by atoms with Crippen molar-refractivity contribution < 1.29 is 14.4 Å². The number of pyridine rings is 2. The number of rotatable bonds is 9. The van der Waals surface area contributed by atoms with E-state index >= 15 is 0 Å². The van der Waals surface area contributed by atoms with Gasteiger partial charge in [0.2, 0.25) is 5.91 Å². The van der Waals surface area contributed by atoms with Crippen LogP contribution in [0.2, 0.25) is 0 Å². The number of Topliss-reactive ketones (excluding diaryl/α,β-unsaturated/α-hetero) is 2. The molecule has 2 unspecified atom stereocenters. The summed E-state index contributed by atoms with van der Waals surface area (Å²) in [4.78, 5) is 57.2. The first kappa shape index (κ1) is 44.1. The summed E-state index contributed by atoms with van der Waals surface area (Å²) in [6, 6.07) is 29.2. The monoisotopic (exact) mass is 917 g/mol. The Hall–Kier alpha value is -7.45. The highest BCUT2D eigenvalue weighted by Gasteiger charge is 2.39. The number of aromatic nitrogens is 8. The zero-order chi connectivity index (χ0) is 47.3. The molecule has 14 nitrogen and oxygen atoms in total. The van der Waals surface area contributed by atoms with E-state index in [0.29, 0.717) is 58.0 Å². The van der Waals surface area contributed by atoms with E-state index in [4.69, 9.17) is 15.7 Å². The summed E-state index contributed by atoms with van der Waals surface area (Å²) in [6.45, 7) is 4.56. The van der Waals surface area contributed by atoms with Gasteiger partial charge in [0.1, 0.15) is 11.6 Å². The number of amides is 1. The second kappa shape index (κ2) is 18.2. The molecular formula is C55H55N11O3. The molecule has 4 N–H and O–H groups in total. The van der Waals surface area contributed by atoms with Crippen molar-refractivity contribution in [3.63, 3.8) is 0 Å². The molecule has 2 aliphatic carbocycles. The van der Waals surface area contributed by atoms with E-state index in [1.807, 2.05) is 97.3 Å². The molecule has 2 aromatic carbocycles. The highest BCUT2D eigenvalue weighted by Crippen LogP contribution is 2.49. The number of ketones is 2.